The molecule has 0 aliphatic carbocycles. The number of benzene rings is 1. The number of hydrogen-bond donors (Lipinski definition) is 0. The Morgan fingerprint density at radius 2 is 1.76 bits per heavy atom. The topological polar surface area (TPSA) is 12.9 Å². The van der Waals surface area contributed by atoms with Crippen molar-refractivity contribution in [3.8, 4) is 0 Å². The van der Waals surface area contributed by atoms with Crippen LogP contribution >= 0.6 is 11.6 Å². The van der Waals surface area contributed by atoms with E-state index in [9.17, 15) is 13.2 Å². The predicted octanol–water partition coefficient (Wildman–Crippen LogP) is 4.43. The molecule has 0 fully saturated rings. The van der Waals surface area contributed by atoms with Crippen LogP contribution in [-0.2, 0) is 0 Å². The highest BCUT2D eigenvalue weighted by Crippen LogP contribution is 2.29. The van der Waals surface area contributed by atoms with Crippen molar-refractivity contribution in [3.05, 3.63) is 40.3 Å². The van der Waals surface area contributed by atoms with Crippen LogP contribution in [0.4, 0.5) is 13.2 Å². The molecule has 0 radical (unpaired) electrons. The zero-order valence-electron chi connectivity index (χ0n) is 9.19. The predicted molar refractivity (Wildman–Crippen MR) is 60.7 cm³/mol. The van der Waals surface area contributed by atoms with Crippen molar-refractivity contribution in [1.29, 1.82) is 0 Å². The molecule has 0 aliphatic rings. The highest BCUT2D eigenvalue weighted by Gasteiger charge is 2.17. The van der Waals surface area contributed by atoms with E-state index in [0.29, 0.717) is 5.56 Å². The summed E-state index contributed by atoms with van der Waals surface area (Å²) in [5.41, 5.74) is 0.419. The fourth-order valence-corrected chi connectivity index (χ4v) is 1.98. The lowest BCUT2D eigenvalue weighted by Crippen LogP contribution is -1.98. The second-order valence-electron chi connectivity index (χ2n) is 4.08. The maximum Gasteiger partial charge on any atom is 0.196 e. The summed E-state index contributed by atoms with van der Waals surface area (Å²) in [6, 6.07) is 2.45. The summed E-state index contributed by atoms with van der Waals surface area (Å²) >= 11 is 5.87. The Kier molecular flexibility index (Phi) is 3.00. The zero-order chi connectivity index (χ0) is 12.7. The number of rotatable bonds is 1. The van der Waals surface area contributed by atoms with Gasteiger partial charge in [-0.15, -0.1) is 0 Å². The Balaban J connectivity index is 2.84. The van der Waals surface area contributed by atoms with E-state index in [4.69, 9.17) is 11.6 Å². The SMILES string of the molecule is CC(C)c1cc2cc(F)c(F)c(F)c2nc1Cl. The maximum absolute atomic E-state index is 13.4. The molecule has 5 heteroatoms. The van der Waals surface area contributed by atoms with Crippen molar-refractivity contribution in [1.82, 2.24) is 4.98 Å². The molecule has 1 heterocycles. The first-order valence-electron chi connectivity index (χ1n) is 5.05. The Morgan fingerprint density at radius 1 is 1.12 bits per heavy atom. The van der Waals surface area contributed by atoms with Crippen molar-refractivity contribution >= 4 is 22.5 Å². The molecule has 0 saturated carbocycles. The van der Waals surface area contributed by atoms with Crippen LogP contribution in [0.3, 0.4) is 0 Å². The van der Waals surface area contributed by atoms with Crippen molar-refractivity contribution in [3.63, 3.8) is 0 Å². The Labute approximate surface area is 101 Å². The van der Waals surface area contributed by atoms with E-state index in [1.165, 1.54) is 6.07 Å². The normalized spacial score (nSPS) is 11.5. The first-order valence-corrected chi connectivity index (χ1v) is 5.43. The van der Waals surface area contributed by atoms with Gasteiger partial charge in [0.2, 0.25) is 0 Å². The number of fused-ring (bicyclic) bond motifs is 1. The number of aromatic nitrogens is 1. The quantitative estimate of drug-likeness (QED) is 0.545. The van der Waals surface area contributed by atoms with Crippen LogP contribution < -0.4 is 0 Å². The third-order valence-corrected chi connectivity index (χ3v) is 2.85. The van der Waals surface area contributed by atoms with Crippen molar-refractivity contribution in [2.24, 2.45) is 0 Å². The molecule has 17 heavy (non-hydrogen) atoms. The van der Waals surface area contributed by atoms with Gasteiger partial charge in [-0.1, -0.05) is 25.4 Å². The highest BCUT2D eigenvalue weighted by molar-refractivity contribution is 6.30. The third kappa shape index (κ3) is 1.97. The molecule has 0 saturated heterocycles. The average Bonchev–Trinajstić information content (AvgIpc) is 2.26. The Morgan fingerprint density at radius 3 is 2.35 bits per heavy atom. The van der Waals surface area contributed by atoms with Crippen molar-refractivity contribution in [2.45, 2.75) is 19.8 Å². The second-order valence-corrected chi connectivity index (χ2v) is 4.44. The first kappa shape index (κ1) is 12.2. The molecule has 1 aromatic heterocycles. The van der Waals surface area contributed by atoms with Gasteiger partial charge in [-0.2, -0.15) is 0 Å². The maximum atomic E-state index is 13.4. The summed E-state index contributed by atoms with van der Waals surface area (Å²) in [7, 11) is 0. The molecule has 0 amide bonds. The second kappa shape index (κ2) is 4.18. The van der Waals surface area contributed by atoms with Crippen LogP contribution in [0, 0.1) is 17.5 Å². The van der Waals surface area contributed by atoms with Gasteiger partial charge in [-0.3, -0.25) is 0 Å². The molecular weight excluding hydrogens is 251 g/mol. The number of hydrogen-bond acceptors (Lipinski definition) is 1. The molecule has 1 nitrogen and oxygen atoms in total. The summed E-state index contributed by atoms with van der Waals surface area (Å²) < 4.78 is 39.5. The van der Waals surface area contributed by atoms with Crippen LogP contribution in [0.5, 0.6) is 0 Å². The van der Waals surface area contributed by atoms with E-state index >= 15 is 0 Å². The zero-order valence-corrected chi connectivity index (χ0v) is 9.95. The number of pyridine rings is 1. The fourth-order valence-electron chi connectivity index (χ4n) is 1.62. The molecule has 0 unspecified atom stereocenters. The lowest BCUT2D eigenvalue weighted by Gasteiger charge is -2.10. The summed E-state index contributed by atoms with van der Waals surface area (Å²) in [5.74, 6) is -4.00. The monoisotopic (exact) mass is 259 g/mol. The van der Waals surface area contributed by atoms with Crippen LogP contribution in [0.2, 0.25) is 5.15 Å². The van der Waals surface area contributed by atoms with Crippen molar-refractivity contribution < 1.29 is 13.2 Å². The van der Waals surface area contributed by atoms with Crippen molar-refractivity contribution in [2.75, 3.05) is 0 Å². The minimum Gasteiger partial charge on any atom is -0.233 e. The van der Waals surface area contributed by atoms with Crippen LogP contribution in [0.25, 0.3) is 10.9 Å². The molecule has 0 spiro atoms. The van der Waals surface area contributed by atoms with E-state index in [2.05, 4.69) is 4.98 Å². The molecule has 2 aromatic rings. The number of halogens is 4. The van der Waals surface area contributed by atoms with E-state index < -0.39 is 17.5 Å². The lowest BCUT2D eigenvalue weighted by molar-refractivity contribution is 0.452. The first-order chi connectivity index (χ1) is 7.91. The van der Waals surface area contributed by atoms with Gasteiger partial charge in [0.25, 0.3) is 0 Å². The molecule has 0 N–H and O–H groups in total. The highest BCUT2D eigenvalue weighted by atomic mass is 35.5. The minimum atomic E-state index is -1.53. The van der Waals surface area contributed by atoms with Gasteiger partial charge < -0.3 is 0 Å². The van der Waals surface area contributed by atoms with Gasteiger partial charge in [0.05, 0.1) is 0 Å². The van der Waals surface area contributed by atoms with Crippen LogP contribution in [0.15, 0.2) is 12.1 Å². The van der Waals surface area contributed by atoms with E-state index in [1.54, 1.807) is 0 Å². The minimum absolute atomic E-state index is 0.0653. The van der Waals surface area contributed by atoms with Gasteiger partial charge in [-0.25, -0.2) is 18.2 Å². The molecule has 0 aliphatic heterocycles. The van der Waals surface area contributed by atoms with Gasteiger partial charge in [-0.05, 0) is 23.6 Å². The van der Waals surface area contributed by atoms with E-state index in [1.807, 2.05) is 13.8 Å². The molecule has 0 bridgehead atoms. The third-order valence-electron chi connectivity index (χ3n) is 2.55. The average molecular weight is 260 g/mol. The smallest absolute Gasteiger partial charge is 0.196 e. The molecule has 90 valence electrons. The van der Waals surface area contributed by atoms with Crippen LogP contribution in [0.1, 0.15) is 25.3 Å². The fraction of sp³-hybridized carbons (Fsp3) is 0.250. The Bertz CT molecular complexity index is 596. The summed E-state index contributed by atoms with van der Waals surface area (Å²) in [4.78, 5) is 3.78. The van der Waals surface area contributed by atoms with E-state index in [-0.39, 0.29) is 22.0 Å². The number of nitrogens with zero attached hydrogens (tertiary/aromatic N) is 1. The summed E-state index contributed by atoms with van der Waals surface area (Å²) in [6.45, 7) is 3.76. The largest absolute Gasteiger partial charge is 0.233 e. The Hall–Kier alpha value is -1.29. The van der Waals surface area contributed by atoms with Gasteiger partial charge >= 0.3 is 0 Å². The van der Waals surface area contributed by atoms with Crippen LogP contribution in [-0.4, -0.2) is 4.98 Å². The van der Waals surface area contributed by atoms with Gasteiger partial charge in [0.15, 0.2) is 17.5 Å². The molecule has 2 rings (SSSR count). The molecule has 1 aromatic carbocycles. The standard InChI is InChI=1S/C12H9ClF3N/c1-5(2)7-3-6-4-8(14)9(15)10(16)11(6)17-12(7)13/h3-5H,1-2H3. The molecular formula is C12H9ClF3N. The summed E-state index contributed by atoms with van der Waals surface area (Å²) in [5, 5.41) is 0.312. The lowest BCUT2D eigenvalue weighted by atomic mass is 10.0. The summed E-state index contributed by atoms with van der Waals surface area (Å²) in [6.07, 6.45) is 0. The van der Waals surface area contributed by atoms with E-state index in [0.717, 1.165) is 6.07 Å². The van der Waals surface area contributed by atoms with Gasteiger partial charge in [0, 0.05) is 5.39 Å². The van der Waals surface area contributed by atoms with Gasteiger partial charge in [0.1, 0.15) is 10.7 Å². The molecule has 0 atom stereocenters.